The lowest BCUT2D eigenvalue weighted by Gasteiger charge is -2.00. The van der Waals surface area contributed by atoms with E-state index in [0.717, 1.165) is 0 Å². The Kier molecular flexibility index (Phi) is 3.63. The summed E-state index contributed by atoms with van der Waals surface area (Å²) in [5.41, 5.74) is 1.33. The van der Waals surface area contributed by atoms with E-state index in [4.69, 9.17) is 5.26 Å². The number of hydrogen-bond donors (Lipinski definition) is 2. The molecule has 0 saturated heterocycles. The van der Waals surface area contributed by atoms with Gasteiger partial charge in [0.1, 0.15) is 0 Å². The molecule has 0 unspecified atom stereocenters. The fraction of sp³-hybridized carbons (Fsp3) is 0.111. The first-order valence-corrected chi connectivity index (χ1v) is 3.89. The Labute approximate surface area is 80.2 Å². The van der Waals surface area contributed by atoms with Gasteiger partial charge in [0.25, 0.3) is 0 Å². The molecule has 0 aliphatic carbocycles. The van der Waals surface area contributed by atoms with Crippen molar-refractivity contribution in [1.29, 1.82) is 0 Å². The van der Waals surface area contributed by atoms with Gasteiger partial charge in [-0.05, 0) is 17.7 Å². The first-order valence-electron chi connectivity index (χ1n) is 3.89. The van der Waals surface area contributed by atoms with E-state index in [9.17, 15) is 9.59 Å². The number of anilines is 1. The molecule has 0 bridgehead atoms. The molecular formula is C9H9NO4. The largest absolute Gasteiger partial charge is 0.346 e. The Morgan fingerprint density at radius 2 is 2.07 bits per heavy atom. The van der Waals surface area contributed by atoms with Crippen LogP contribution in [0.25, 0.3) is 0 Å². The average Bonchev–Trinajstić information content (AvgIpc) is 2.21. The van der Waals surface area contributed by atoms with E-state index in [1.54, 1.807) is 24.3 Å². The zero-order valence-electron chi connectivity index (χ0n) is 7.27. The smallest absolute Gasteiger partial charge is 0.329 e. The molecule has 0 fully saturated rings. The number of carbonyl (C=O) groups is 2. The maximum Gasteiger partial charge on any atom is 0.346 e. The second kappa shape index (κ2) is 4.98. The Hall–Kier alpha value is -1.88. The molecule has 0 radical (unpaired) electrons. The highest BCUT2D eigenvalue weighted by molar-refractivity contribution is 5.73. The van der Waals surface area contributed by atoms with Gasteiger partial charge in [0.15, 0.2) is 0 Å². The molecule has 1 rings (SSSR count). The third-order valence-corrected chi connectivity index (χ3v) is 1.63. The number of amides is 1. The third kappa shape index (κ3) is 2.87. The molecule has 0 aliphatic heterocycles. The summed E-state index contributed by atoms with van der Waals surface area (Å²) in [5.74, 6) is -0.721. The molecule has 74 valence electrons. The van der Waals surface area contributed by atoms with Crippen molar-refractivity contribution in [3.63, 3.8) is 0 Å². The molecule has 0 heterocycles. The monoisotopic (exact) mass is 195 g/mol. The summed E-state index contributed by atoms with van der Waals surface area (Å²) in [6, 6.07) is 6.61. The van der Waals surface area contributed by atoms with Crippen LogP contribution in [0.3, 0.4) is 0 Å². The van der Waals surface area contributed by atoms with Crippen molar-refractivity contribution in [3.8, 4) is 0 Å². The molecule has 0 atom stereocenters. The number of nitrogens with one attached hydrogen (secondary N) is 1. The van der Waals surface area contributed by atoms with E-state index in [1.807, 2.05) is 0 Å². The molecule has 5 nitrogen and oxygen atoms in total. The van der Waals surface area contributed by atoms with Crippen LogP contribution in [0.4, 0.5) is 5.69 Å². The number of hydrogen-bond acceptors (Lipinski definition) is 4. The first kappa shape index (κ1) is 10.2. The van der Waals surface area contributed by atoms with Crippen LogP contribution in [0.5, 0.6) is 0 Å². The van der Waals surface area contributed by atoms with Crippen molar-refractivity contribution in [2.24, 2.45) is 0 Å². The number of benzene rings is 1. The van der Waals surface area contributed by atoms with Gasteiger partial charge in [-0.1, -0.05) is 12.1 Å². The highest BCUT2D eigenvalue weighted by Gasteiger charge is 2.03. The fourth-order valence-corrected chi connectivity index (χ4v) is 0.986. The van der Waals surface area contributed by atoms with Gasteiger partial charge in [0, 0.05) is 5.69 Å². The summed E-state index contributed by atoms with van der Waals surface area (Å²) >= 11 is 0. The van der Waals surface area contributed by atoms with Gasteiger partial charge in [-0.25, -0.2) is 4.79 Å². The lowest BCUT2D eigenvalue weighted by atomic mass is 10.1. The Morgan fingerprint density at radius 1 is 1.43 bits per heavy atom. The van der Waals surface area contributed by atoms with Crippen molar-refractivity contribution in [1.82, 2.24) is 0 Å². The van der Waals surface area contributed by atoms with E-state index in [0.29, 0.717) is 17.7 Å². The molecule has 1 amide bonds. The second-order valence-electron chi connectivity index (χ2n) is 2.60. The predicted molar refractivity (Wildman–Crippen MR) is 48.6 cm³/mol. The van der Waals surface area contributed by atoms with Gasteiger partial charge in [0.05, 0.1) is 6.42 Å². The molecule has 0 saturated carbocycles. The molecule has 1 aromatic carbocycles. The molecule has 2 N–H and O–H groups in total. The summed E-state index contributed by atoms with van der Waals surface area (Å²) < 4.78 is 0. The van der Waals surface area contributed by atoms with Gasteiger partial charge in [-0.3, -0.25) is 4.79 Å². The van der Waals surface area contributed by atoms with Crippen molar-refractivity contribution >= 4 is 18.1 Å². The Bertz CT molecular complexity index is 320. The standard InChI is InChI=1S/C9H9NO4/c11-6-10-8-3-1-7(2-4-8)5-9(12)14-13/h1-4,6,13H,5H2,(H,10,11). The normalized spacial score (nSPS) is 9.21. The molecule has 5 heteroatoms. The molecule has 1 aromatic rings. The van der Waals surface area contributed by atoms with Gasteiger partial charge >= 0.3 is 5.97 Å². The van der Waals surface area contributed by atoms with Crippen LogP contribution in [0, 0.1) is 0 Å². The molecule has 14 heavy (non-hydrogen) atoms. The quantitative estimate of drug-likeness (QED) is 0.423. The molecule has 0 spiro atoms. The van der Waals surface area contributed by atoms with E-state index >= 15 is 0 Å². The van der Waals surface area contributed by atoms with E-state index in [-0.39, 0.29) is 6.42 Å². The van der Waals surface area contributed by atoms with Crippen LogP contribution < -0.4 is 5.32 Å². The van der Waals surface area contributed by atoms with E-state index in [2.05, 4.69) is 10.2 Å². The van der Waals surface area contributed by atoms with Crippen LogP contribution in [0.15, 0.2) is 24.3 Å². The highest BCUT2D eigenvalue weighted by atomic mass is 17.1. The molecular weight excluding hydrogens is 186 g/mol. The fourth-order valence-electron chi connectivity index (χ4n) is 0.986. The van der Waals surface area contributed by atoms with E-state index in [1.165, 1.54) is 0 Å². The minimum Gasteiger partial charge on any atom is -0.329 e. The number of rotatable bonds is 4. The zero-order valence-corrected chi connectivity index (χ0v) is 7.27. The van der Waals surface area contributed by atoms with Gasteiger partial charge in [0.2, 0.25) is 6.41 Å². The van der Waals surface area contributed by atoms with Gasteiger partial charge in [-0.2, -0.15) is 5.26 Å². The summed E-state index contributed by atoms with van der Waals surface area (Å²) in [6.45, 7) is 0. The predicted octanol–water partition coefficient (Wildman–Crippen LogP) is 0.814. The first-order chi connectivity index (χ1) is 6.76. The zero-order chi connectivity index (χ0) is 10.4. The lowest BCUT2D eigenvalue weighted by Crippen LogP contribution is -2.04. The van der Waals surface area contributed by atoms with Gasteiger partial charge < -0.3 is 10.2 Å². The molecule has 0 aliphatic rings. The van der Waals surface area contributed by atoms with Crippen molar-refractivity contribution in [2.75, 3.05) is 5.32 Å². The van der Waals surface area contributed by atoms with Crippen molar-refractivity contribution in [3.05, 3.63) is 29.8 Å². The lowest BCUT2D eigenvalue weighted by molar-refractivity contribution is -0.233. The van der Waals surface area contributed by atoms with Gasteiger partial charge in [-0.15, -0.1) is 0 Å². The van der Waals surface area contributed by atoms with Crippen LogP contribution in [-0.2, 0) is 20.9 Å². The Balaban J connectivity index is 2.63. The van der Waals surface area contributed by atoms with E-state index < -0.39 is 5.97 Å². The number of carbonyl (C=O) groups excluding carboxylic acids is 2. The highest BCUT2D eigenvalue weighted by Crippen LogP contribution is 2.09. The maximum absolute atomic E-state index is 10.6. The van der Waals surface area contributed by atoms with Crippen LogP contribution in [0.2, 0.25) is 0 Å². The summed E-state index contributed by atoms with van der Waals surface area (Å²) in [4.78, 5) is 24.2. The third-order valence-electron chi connectivity index (χ3n) is 1.63. The SMILES string of the molecule is O=CNc1ccc(CC(=O)OO)cc1. The second-order valence-corrected chi connectivity index (χ2v) is 2.60. The topological polar surface area (TPSA) is 75.6 Å². The maximum atomic E-state index is 10.6. The van der Waals surface area contributed by atoms with Crippen LogP contribution >= 0.6 is 0 Å². The van der Waals surface area contributed by atoms with Crippen LogP contribution in [0.1, 0.15) is 5.56 Å². The minimum absolute atomic E-state index is 0.00211. The summed E-state index contributed by atoms with van der Waals surface area (Å²) in [6.07, 6.45) is 0.564. The van der Waals surface area contributed by atoms with Crippen molar-refractivity contribution < 1.29 is 19.7 Å². The van der Waals surface area contributed by atoms with Crippen LogP contribution in [-0.4, -0.2) is 17.6 Å². The minimum atomic E-state index is -0.721. The summed E-state index contributed by atoms with van der Waals surface area (Å²) in [7, 11) is 0. The Morgan fingerprint density at radius 3 is 2.57 bits per heavy atom. The average molecular weight is 195 g/mol. The van der Waals surface area contributed by atoms with Crippen molar-refractivity contribution in [2.45, 2.75) is 6.42 Å². The summed E-state index contributed by atoms with van der Waals surface area (Å²) in [5, 5.41) is 10.5. The molecule has 0 aromatic heterocycles.